The largest absolute Gasteiger partial charge is 0.394 e. The molecule has 0 aliphatic carbocycles. The third-order valence-electron chi connectivity index (χ3n) is 5.74. The van der Waals surface area contributed by atoms with Crippen molar-refractivity contribution in [2.24, 2.45) is 0 Å². The van der Waals surface area contributed by atoms with Gasteiger partial charge in [-0.2, -0.15) is 9.97 Å². The van der Waals surface area contributed by atoms with E-state index in [1.54, 1.807) is 0 Å². The number of aliphatic hydroxyl groups excluding tert-OH is 1. The van der Waals surface area contributed by atoms with Gasteiger partial charge in [0.1, 0.15) is 0 Å². The van der Waals surface area contributed by atoms with E-state index in [1.165, 1.54) is 11.1 Å². The lowest BCUT2D eigenvalue weighted by Gasteiger charge is -2.25. The lowest BCUT2D eigenvalue weighted by molar-refractivity contribution is 0.271. The second-order valence-corrected chi connectivity index (χ2v) is 8.55. The monoisotopic (exact) mass is 444 g/mol. The van der Waals surface area contributed by atoms with E-state index in [1.807, 2.05) is 25.4 Å². The van der Waals surface area contributed by atoms with Crippen LogP contribution < -0.4 is 10.2 Å². The van der Waals surface area contributed by atoms with Crippen molar-refractivity contribution in [1.29, 1.82) is 0 Å². The van der Waals surface area contributed by atoms with Crippen LogP contribution in [0.3, 0.4) is 0 Å². The predicted molar refractivity (Wildman–Crippen MR) is 133 cm³/mol. The third kappa shape index (κ3) is 5.31. The summed E-state index contributed by atoms with van der Waals surface area (Å²) < 4.78 is 2.06. The fraction of sp³-hybridized carbons (Fsp3) is 0.346. The first kappa shape index (κ1) is 22.7. The molecule has 172 valence electrons. The molecule has 0 saturated heterocycles. The van der Waals surface area contributed by atoms with E-state index in [0.717, 1.165) is 23.4 Å². The van der Waals surface area contributed by atoms with Gasteiger partial charge in [-0.25, -0.2) is 4.98 Å². The van der Waals surface area contributed by atoms with E-state index in [2.05, 4.69) is 77.2 Å². The van der Waals surface area contributed by atoms with Crippen LogP contribution >= 0.6 is 0 Å². The molecule has 0 aliphatic heterocycles. The summed E-state index contributed by atoms with van der Waals surface area (Å²) in [4.78, 5) is 16.7. The normalized spacial score (nSPS) is 12.3. The molecular weight excluding hydrogens is 412 g/mol. The number of aromatic nitrogens is 4. The molecule has 0 spiro atoms. The molecule has 7 heteroatoms. The van der Waals surface area contributed by atoms with Crippen molar-refractivity contribution in [3.63, 3.8) is 0 Å². The number of benzene rings is 2. The Labute approximate surface area is 195 Å². The molecule has 0 radical (unpaired) electrons. The molecule has 0 saturated carbocycles. The molecule has 0 bridgehead atoms. The van der Waals surface area contributed by atoms with E-state index < -0.39 is 0 Å². The van der Waals surface area contributed by atoms with E-state index in [-0.39, 0.29) is 18.7 Å². The van der Waals surface area contributed by atoms with Gasteiger partial charge in [0.05, 0.1) is 19.0 Å². The predicted octanol–water partition coefficient (Wildman–Crippen LogP) is 4.80. The van der Waals surface area contributed by atoms with Crippen LogP contribution in [-0.2, 0) is 13.1 Å². The maximum Gasteiger partial charge on any atom is 0.227 e. The molecule has 2 heterocycles. The highest BCUT2D eigenvalue weighted by atomic mass is 16.3. The average Bonchev–Trinajstić information content (AvgIpc) is 3.27. The van der Waals surface area contributed by atoms with Crippen LogP contribution in [-0.4, -0.2) is 37.3 Å². The highest BCUT2D eigenvalue weighted by molar-refractivity contribution is 5.85. The van der Waals surface area contributed by atoms with Gasteiger partial charge in [0.2, 0.25) is 5.95 Å². The van der Waals surface area contributed by atoms with E-state index in [0.29, 0.717) is 19.0 Å². The van der Waals surface area contributed by atoms with Gasteiger partial charge in [-0.15, -0.1) is 0 Å². The minimum Gasteiger partial charge on any atom is -0.394 e. The van der Waals surface area contributed by atoms with Crippen molar-refractivity contribution in [2.45, 2.75) is 52.4 Å². The third-order valence-corrected chi connectivity index (χ3v) is 5.74. The smallest absolute Gasteiger partial charge is 0.227 e. The first-order valence-corrected chi connectivity index (χ1v) is 11.5. The standard InChI is InChI=1S/C26H32N6O/c1-4-22(17-33)28-26-29-24(23-25(30-26)32(18-27-23)19(2)3)31(15-20-11-7-5-8-12-20)16-21-13-9-6-10-14-21/h5-14,18-19,22,33H,4,15-17H2,1-3H3,(H,28,29,30)/t22-/m1/s1. The number of rotatable bonds is 10. The summed E-state index contributed by atoms with van der Waals surface area (Å²) >= 11 is 0. The van der Waals surface area contributed by atoms with E-state index in [9.17, 15) is 5.11 Å². The zero-order chi connectivity index (χ0) is 23.2. The summed E-state index contributed by atoms with van der Waals surface area (Å²) in [5.41, 5.74) is 3.95. The number of anilines is 2. The molecule has 1 atom stereocenters. The number of nitrogens with one attached hydrogen (secondary N) is 1. The maximum absolute atomic E-state index is 9.73. The molecule has 0 aliphatic rings. The van der Waals surface area contributed by atoms with Crippen molar-refractivity contribution in [3.8, 4) is 0 Å². The van der Waals surface area contributed by atoms with Gasteiger partial charge in [-0.05, 0) is 31.4 Å². The Balaban J connectivity index is 1.83. The molecule has 7 nitrogen and oxygen atoms in total. The van der Waals surface area contributed by atoms with Crippen molar-refractivity contribution >= 4 is 22.9 Å². The van der Waals surface area contributed by atoms with Gasteiger partial charge in [-0.3, -0.25) is 0 Å². The summed E-state index contributed by atoms with van der Waals surface area (Å²) in [7, 11) is 0. The topological polar surface area (TPSA) is 79.1 Å². The van der Waals surface area contributed by atoms with Crippen LogP contribution in [0.1, 0.15) is 44.4 Å². The number of fused-ring (bicyclic) bond motifs is 1. The molecule has 33 heavy (non-hydrogen) atoms. The number of hydrogen-bond acceptors (Lipinski definition) is 6. The van der Waals surface area contributed by atoms with Crippen LogP contribution in [0, 0.1) is 0 Å². The molecule has 0 unspecified atom stereocenters. The first-order chi connectivity index (χ1) is 16.1. The van der Waals surface area contributed by atoms with Gasteiger partial charge >= 0.3 is 0 Å². The molecule has 2 aromatic carbocycles. The lowest BCUT2D eigenvalue weighted by atomic mass is 10.1. The quantitative estimate of drug-likeness (QED) is 0.366. The van der Waals surface area contributed by atoms with Gasteiger partial charge in [0.15, 0.2) is 17.0 Å². The molecule has 2 N–H and O–H groups in total. The maximum atomic E-state index is 9.73. The second-order valence-electron chi connectivity index (χ2n) is 8.55. The molecule has 2 aromatic heterocycles. The highest BCUT2D eigenvalue weighted by Gasteiger charge is 2.21. The van der Waals surface area contributed by atoms with Crippen molar-refractivity contribution in [3.05, 3.63) is 78.1 Å². The van der Waals surface area contributed by atoms with Crippen LogP contribution in [0.15, 0.2) is 67.0 Å². The number of aliphatic hydroxyl groups is 1. The Kier molecular flexibility index (Phi) is 7.19. The van der Waals surface area contributed by atoms with Gasteiger partial charge in [-0.1, -0.05) is 67.6 Å². The molecular formula is C26H32N6O. The minimum atomic E-state index is -0.109. The number of imidazole rings is 1. The Morgan fingerprint density at radius 2 is 1.55 bits per heavy atom. The minimum absolute atomic E-state index is 0.0222. The molecule has 0 amide bonds. The lowest BCUT2D eigenvalue weighted by Crippen LogP contribution is -2.27. The zero-order valence-corrected chi connectivity index (χ0v) is 19.5. The summed E-state index contributed by atoms with van der Waals surface area (Å²) in [5, 5.41) is 13.0. The second kappa shape index (κ2) is 10.4. The summed E-state index contributed by atoms with van der Waals surface area (Å²) in [6.45, 7) is 7.66. The van der Waals surface area contributed by atoms with Gasteiger partial charge in [0, 0.05) is 19.1 Å². The Bertz CT molecular complexity index is 1110. The van der Waals surface area contributed by atoms with Crippen LogP contribution in [0.5, 0.6) is 0 Å². The number of hydrogen-bond donors (Lipinski definition) is 2. The zero-order valence-electron chi connectivity index (χ0n) is 19.5. The number of nitrogens with zero attached hydrogens (tertiary/aromatic N) is 5. The van der Waals surface area contributed by atoms with Gasteiger partial charge < -0.3 is 19.9 Å². The van der Waals surface area contributed by atoms with Crippen molar-refractivity contribution < 1.29 is 5.11 Å². The Morgan fingerprint density at radius 1 is 0.939 bits per heavy atom. The average molecular weight is 445 g/mol. The van der Waals surface area contributed by atoms with Gasteiger partial charge in [0.25, 0.3) is 0 Å². The summed E-state index contributed by atoms with van der Waals surface area (Å²) in [6, 6.07) is 20.9. The van der Waals surface area contributed by atoms with E-state index in [4.69, 9.17) is 15.0 Å². The summed E-state index contributed by atoms with van der Waals surface area (Å²) in [6.07, 6.45) is 2.61. The summed E-state index contributed by atoms with van der Waals surface area (Å²) in [5.74, 6) is 1.29. The first-order valence-electron chi connectivity index (χ1n) is 11.5. The fourth-order valence-electron chi connectivity index (χ4n) is 3.84. The Hall–Kier alpha value is -3.45. The fourth-order valence-corrected chi connectivity index (χ4v) is 3.84. The molecule has 4 rings (SSSR count). The van der Waals surface area contributed by atoms with Crippen LogP contribution in [0.2, 0.25) is 0 Å². The highest BCUT2D eigenvalue weighted by Crippen LogP contribution is 2.29. The van der Waals surface area contributed by atoms with Crippen LogP contribution in [0.4, 0.5) is 11.8 Å². The van der Waals surface area contributed by atoms with E-state index >= 15 is 0 Å². The molecule has 4 aromatic rings. The van der Waals surface area contributed by atoms with Crippen molar-refractivity contribution in [1.82, 2.24) is 19.5 Å². The van der Waals surface area contributed by atoms with Crippen LogP contribution in [0.25, 0.3) is 11.2 Å². The SMILES string of the molecule is CC[C@H](CO)Nc1nc(N(Cc2ccccc2)Cc2ccccc2)c2ncn(C(C)C)c2n1. The molecule has 0 fully saturated rings. The Morgan fingerprint density at radius 3 is 2.06 bits per heavy atom. The van der Waals surface area contributed by atoms with Crippen molar-refractivity contribution in [2.75, 3.05) is 16.8 Å².